The molecule has 2 rings (SSSR count). The first-order chi connectivity index (χ1) is 8.65. The molecule has 0 bridgehead atoms. The highest BCUT2D eigenvalue weighted by molar-refractivity contribution is 5.45. The molecule has 0 radical (unpaired) electrons. The molecule has 1 fully saturated rings. The molecule has 1 aromatic rings. The summed E-state index contributed by atoms with van der Waals surface area (Å²) in [4.78, 5) is 0. The van der Waals surface area contributed by atoms with Gasteiger partial charge in [0.2, 0.25) is 0 Å². The Kier molecular flexibility index (Phi) is 4.31. The molecule has 1 atom stereocenters. The maximum Gasteiger partial charge on any atom is 0.126 e. The molecule has 1 aliphatic rings. The summed E-state index contributed by atoms with van der Waals surface area (Å²) in [6, 6.07) is 6.68. The molecular formula is C17H26O. The van der Waals surface area contributed by atoms with Crippen LogP contribution in [0.1, 0.15) is 69.9 Å². The second kappa shape index (κ2) is 5.77. The van der Waals surface area contributed by atoms with Crippen LogP contribution >= 0.6 is 0 Å². The van der Waals surface area contributed by atoms with Crippen molar-refractivity contribution in [1.29, 1.82) is 0 Å². The van der Waals surface area contributed by atoms with E-state index in [1.165, 1.54) is 30.4 Å². The van der Waals surface area contributed by atoms with Crippen LogP contribution < -0.4 is 4.74 Å². The van der Waals surface area contributed by atoms with E-state index >= 15 is 0 Å². The highest BCUT2D eigenvalue weighted by atomic mass is 16.5. The molecular weight excluding hydrogens is 220 g/mol. The molecule has 0 N–H and O–H groups in total. The number of para-hydroxylation sites is 1. The summed E-state index contributed by atoms with van der Waals surface area (Å²) in [6.45, 7) is 9.69. The predicted octanol–water partition coefficient (Wildman–Crippen LogP) is 5.11. The summed E-state index contributed by atoms with van der Waals surface area (Å²) >= 11 is 0. The van der Waals surface area contributed by atoms with Crippen molar-refractivity contribution in [3.8, 4) is 5.75 Å². The highest BCUT2D eigenvalue weighted by Crippen LogP contribution is 2.43. The Hall–Kier alpha value is -0.980. The van der Waals surface area contributed by atoms with Crippen LogP contribution in [0.3, 0.4) is 0 Å². The first-order valence-electron chi connectivity index (χ1n) is 7.40. The molecule has 100 valence electrons. The molecule has 1 saturated carbocycles. The maximum atomic E-state index is 5.97. The Bertz CT molecular complexity index is 391. The molecule has 0 saturated heterocycles. The zero-order valence-corrected chi connectivity index (χ0v) is 12.2. The lowest BCUT2D eigenvalue weighted by Gasteiger charge is -2.33. The SMILES string of the molecule is CCOc1c(C(C)C)cccc1C(C)C1CCC1. The van der Waals surface area contributed by atoms with Crippen molar-refractivity contribution in [3.05, 3.63) is 29.3 Å². The van der Waals surface area contributed by atoms with Gasteiger partial charge in [-0.15, -0.1) is 0 Å². The molecule has 1 heteroatoms. The summed E-state index contributed by atoms with van der Waals surface area (Å²) < 4.78 is 5.97. The van der Waals surface area contributed by atoms with Gasteiger partial charge in [-0.2, -0.15) is 0 Å². The Balaban J connectivity index is 2.35. The van der Waals surface area contributed by atoms with Crippen molar-refractivity contribution in [2.45, 2.75) is 58.8 Å². The summed E-state index contributed by atoms with van der Waals surface area (Å²) in [6.07, 6.45) is 4.18. The Morgan fingerprint density at radius 3 is 2.33 bits per heavy atom. The van der Waals surface area contributed by atoms with Crippen molar-refractivity contribution in [2.24, 2.45) is 5.92 Å². The Labute approximate surface area is 112 Å². The fourth-order valence-electron chi connectivity index (χ4n) is 2.89. The van der Waals surface area contributed by atoms with E-state index in [0.29, 0.717) is 11.8 Å². The predicted molar refractivity (Wildman–Crippen MR) is 77.5 cm³/mol. The molecule has 1 aromatic carbocycles. The lowest BCUT2D eigenvalue weighted by atomic mass is 9.73. The van der Waals surface area contributed by atoms with Gasteiger partial charge in [-0.3, -0.25) is 0 Å². The van der Waals surface area contributed by atoms with Crippen LogP contribution in [0.5, 0.6) is 5.75 Å². The Morgan fingerprint density at radius 2 is 1.83 bits per heavy atom. The van der Waals surface area contributed by atoms with E-state index in [0.717, 1.165) is 18.3 Å². The minimum atomic E-state index is 0.528. The van der Waals surface area contributed by atoms with Crippen molar-refractivity contribution >= 4 is 0 Å². The summed E-state index contributed by atoms with van der Waals surface area (Å²) in [5.41, 5.74) is 2.79. The number of rotatable bonds is 5. The second-order valence-electron chi connectivity index (χ2n) is 5.83. The second-order valence-corrected chi connectivity index (χ2v) is 5.83. The third-order valence-electron chi connectivity index (χ3n) is 4.33. The van der Waals surface area contributed by atoms with Crippen molar-refractivity contribution in [3.63, 3.8) is 0 Å². The van der Waals surface area contributed by atoms with Crippen molar-refractivity contribution < 1.29 is 4.74 Å². The van der Waals surface area contributed by atoms with Crippen LogP contribution in [-0.4, -0.2) is 6.61 Å². The van der Waals surface area contributed by atoms with Gasteiger partial charge in [0.25, 0.3) is 0 Å². The van der Waals surface area contributed by atoms with Gasteiger partial charge in [-0.25, -0.2) is 0 Å². The minimum Gasteiger partial charge on any atom is -0.493 e. The van der Waals surface area contributed by atoms with Gasteiger partial charge >= 0.3 is 0 Å². The molecule has 18 heavy (non-hydrogen) atoms. The first kappa shape index (κ1) is 13.5. The molecule has 0 heterocycles. The van der Waals surface area contributed by atoms with Gasteiger partial charge in [-0.1, -0.05) is 45.4 Å². The molecule has 0 aliphatic heterocycles. The number of hydrogen-bond donors (Lipinski definition) is 0. The van der Waals surface area contributed by atoms with Gasteiger partial charge in [0.15, 0.2) is 0 Å². The molecule has 1 aliphatic carbocycles. The highest BCUT2D eigenvalue weighted by Gasteiger charge is 2.28. The van der Waals surface area contributed by atoms with E-state index < -0.39 is 0 Å². The van der Waals surface area contributed by atoms with Crippen LogP contribution in [-0.2, 0) is 0 Å². The van der Waals surface area contributed by atoms with E-state index in [2.05, 4.69) is 45.9 Å². The van der Waals surface area contributed by atoms with Crippen LogP contribution in [0.4, 0.5) is 0 Å². The smallest absolute Gasteiger partial charge is 0.126 e. The standard InChI is InChI=1S/C17H26O/c1-5-18-17-15(12(2)3)10-7-11-16(17)13(4)14-8-6-9-14/h7,10-14H,5-6,8-9H2,1-4H3. The monoisotopic (exact) mass is 246 g/mol. The van der Waals surface area contributed by atoms with Crippen LogP contribution in [0, 0.1) is 5.92 Å². The lowest BCUT2D eigenvalue weighted by Crippen LogP contribution is -2.19. The molecule has 1 nitrogen and oxygen atoms in total. The molecule has 0 spiro atoms. The van der Waals surface area contributed by atoms with Gasteiger partial charge < -0.3 is 4.74 Å². The van der Waals surface area contributed by atoms with Crippen molar-refractivity contribution in [2.75, 3.05) is 6.61 Å². The molecule has 0 aromatic heterocycles. The number of ether oxygens (including phenoxy) is 1. The van der Waals surface area contributed by atoms with E-state index in [4.69, 9.17) is 4.74 Å². The van der Waals surface area contributed by atoms with Crippen molar-refractivity contribution in [1.82, 2.24) is 0 Å². The summed E-state index contributed by atoms with van der Waals surface area (Å²) in [5.74, 6) is 3.19. The quantitative estimate of drug-likeness (QED) is 0.701. The average Bonchev–Trinajstić information content (AvgIpc) is 2.26. The fraction of sp³-hybridized carbons (Fsp3) is 0.647. The fourth-order valence-corrected chi connectivity index (χ4v) is 2.89. The number of hydrogen-bond acceptors (Lipinski definition) is 1. The average molecular weight is 246 g/mol. The lowest BCUT2D eigenvalue weighted by molar-refractivity contribution is 0.262. The molecule has 1 unspecified atom stereocenters. The maximum absolute atomic E-state index is 5.97. The van der Waals surface area contributed by atoms with Gasteiger partial charge in [0.1, 0.15) is 5.75 Å². The minimum absolute atomic E-state index is 0.528. The molecule has 0 amide bonds. The zero-order chi connectivity index (χ0) is 13.1. The van der Waals surface area contributed by atoms with Gasteiger partial charge in [-0.05, 0) is 48.6 Å². The van der Waals surface area contributed by atoms with Crippen LogP contribution in [0.15, 0.2) is 18.2 Å². The Morgan fingerprint density at radius 1 is 1.17 bits per heavy atom. The van der Waals surface area contributed by atoms with E-state index in [-0.39, 0.29) is 0 Å². The van der Waals surface area contributed by atoms with E-state index in [1.807, 2.05) is 0 Å². The normalized spacial score (nSPS) is 17.6. The van der Waals surface area contributed by atoms with Gasteiger partial charge in [0, 0.05) is 0 Å². The largest absolute Gasteiger partial charge is 0.493 e. The van der Waals surface area contributed by atoms with Crippen LogP contribution in [0.2, 0.25) is 0 Å². The van der Waals surface area contributed by atoms with Gasteiger partial charge in [0.05, 0.1) is 6.61 Å². The first-order valence-corrected chi connectivity index (χ1v) is 7.40. The topological polar surface area (TPSA) is 9.23 Å². The third kappa shape index (κ3) is 2.55. The zero-order valence-electron chi connectivity index (χ0n) is 12.2. The van der Waals surface area contributed by atoms with E-state index in [1.54, 1.807) is 0 Å². The van der Waals surface area contributed by atoms with E-state index in [9.17, 15) is 0 Å². The summed E-state index contributed by atoms with van der Waals surface area (Å²) in [7, 11) is 0. The third-order valence-corrected chi connectivity index (χ3v) is 4.33. The number of benzene rings is 1. The van der Waals surface area contributed by atoms with Crippen LogP contribution in [0.25, 0.3) is 0 Å². The summed E-state index contributed by atoms with van der Waals surface area (Å²) in [5, 5.41) is 0.